The van der Waals surface area contributed by atoms with Crippen LogP contribution in [-0.2, 0) is 29.6 Å². The molecule has 2 aromatic heterocycles. The maximum absolute atomic E-state index is 12.3. The van der Waals surface area contributed by atoms with Gasteiger partial charge in [-0.2, -0.15) is 0 Å². The summed E-state index contributed by atoms with van der Waals surface area (Å²) in [5.41, 5.74) is 5.04. The van der Waals surface area contributed by atoms with Crippen molar-refractivity contribution in [2.45, 2.75) is 23.6 Å². The number of aryl methyl sites for hydroxylation is 2. The Labute approximate surface area is 333 Å². The van der Waals surface area contributed by atoms with Crippen LogP contribution in [0.1, 0.15) is 22.3 Å². The Balaban J connectivity index is 0.000000214. The van der Waals surface area contributed by atoms with Crippen molar-refractivity contribution in [3.63, 3.8) is 0 Å². The van der Waals surface area contributed by atoms with Crippen LogP contribution in [0, 0.1) is 13.8 Å². The van der Waals surface area contributed by atoms with Crippen molar-refractivity contribution in [2.24, 2.45) is 0 Å². The lowest BCUT2D eigenvalue weighted by Crippen LogP contribution is -2.13. The van der Waals surface area contributed by atoms with E-state index in [0.29, 0.717) is 21.6 Å². The monoisotopic (exact) mass is 828 g/mol. The van der Waals surface area contributed by atoms with Crippen molar-refractivity contribution in [2.75, 3.05) is 27.2 Å². The molecule has 0 spiro atoms. The van der Waals surface area contributed by atoms with Crippen LogP contribution in [0.25, 0.3) is 12.2 Å². The van der Waals surface area contributed by atoms with Gasteiger partial charge >= 0.3 is 0 Å². The Kier molecular flexibility index (Phi) is 13.9. The van der Waals surface area contributed by atoms with Crippen molar-refractivity contribution in [1.82, 2.24) is 9.97 Å². The molecule has 0 radical (unpaired) electrons. The minimum absolute atomic E-state index is 0.0782. The van der Waals surface area contributed by atoms with Gasteiger partial charge in [-0.3, -0.25) is 19.0 Å². The van der Waals surface area contributed by atoms with E-state index in [9.17, 15) is 26.4 Å². The molecule has 0 aliphatic carbocycles. The van der Waals surface area contributed by atoms with Crippen LogP contribution < -0.4 is 24.8 Å². The minimum atomic E-state index is -3.72. The lowest BCUT2D eigenvalue weighted by molar-refractivity contribution is -0.112. The molecule has 56 heavy (non-hydrogen) atoms. The zero-order chi connectivity index (χ0) is 40.1. The number of benzene rings is 4. The van der Waals surface area contributed by atoms with Crippen LogP contribution in [-0.4, -0.2) is 45.7 Å². The number of sulfonamides is 2. The van der Waals surface area contributed by atoms with Crippen LogP contribution >= 0.6 is 22.7 Å². The molecule has 2 amide bonds. The van der Waals surface area contributed by atoms with E-state index >= 15 is 0 Å². The van der Waals surface area contributed by atoms with Gasteiger partial charge in [0.2, 0.25) is 11.8 Å². The summed E-state index contributed by atoms with van der Waals surface area (Å²) >= 11 is 2.38. The Morgan fingerprint density at radius 1 is 0.607 bits per heavy atom. The Bertz CT molecular complexity index is 2500. The summed E-state index contributed by atoms with van der Waals surface area (Å²) in [6.07, 6.45) is 9.30. The molecule has 2 heterocycles. The van der Waals surface area contributed by atoms with Crippen molar-refractivity contribution in [3.05, 3.63) is 149 Å². The quantitative estimate of drug-likeness (QED) is 0.0843. The van der Waals surface area contributed by atoms with E-state index in [0.717, 1.165) is 28.0 Å². The van der Waals surface area contributed by atoms with Gasteiger partial charge in [-0.1, -0.05) is 41.5 Å². The maximum atomic E-state index is 12.3. The largest absolute Gasteiger partial charge is 0.497 e. The van der Waals surface area contributed by atoms with Gasteiger partial charge in [0.05, 0.1) is 16.9 Å². The van der Waals surface area contributed by atoms with E-state index in [1.165, 1.54) is 83.6 Å². The summed E-state index contributed by atoms with van der Waals surface area (Å²) in [4.78, 5) is 32.1. The highest BCUT2D eigenvalue weighted by Gasteiger charge is 2.16. The predicted octanol–water partition coefficient (Wildman–Crippen LogP) is 7.82. The van der Waals surface area contributed by atoms with E-state index < -0.39 is 20.0 Å². The molecule has 4 aromatic carbocycles. The number of methoxy groups -OCH3 is 1. The lowest BCUT2D eigenvalue weighted by atomic mass is 10.1. The molecule has 0 saturated heterocycles. The van der Waals surface area contributed by atoms with Gasteiger partial charge in [-0.15, -0.1) is 22.7 Å². The molecule has 6 rings (SSSR count). The number of amides is 2. The zero-order valence-electron chi connectivity index (χ0n) is 30.2. The van der Waals surface area contributed by atoms with Gasteiger partial charge in [0.1, 0.15) is 5.75 Å². The number of nitrogens with zero attached hydrogens (tertiary/aromatic N) is 2. The smallest absolute Gasteiger partial charge is 0.263 e. The molecular weight excluding hydrogens is 793 g/mol. The number of carbonyl (C=O) groups is 2. The summed E-state index contributed by atoms with van der Waals surface area (Å²) in [5, 5.41) is 9.35. The van der Waals surface area contributed by atoms with Gasteiger partial charge in [-0.25, -0.2) is 26.8 Å². The third-order valence-corrected chi connectivity index (χ3v) is 11.7. The number of thiazole rings is 2. The second-order valence-electron chi connectivity index (χ2n) is 11.8. The zero-order valence-corrected chi connectivity index (χ0v) is 33.4. The molecule has 17 heteroatoms. The van der Waals surface area contributed by atoms with Crippen molar-refractivity contribution in [3.8, 4) is 5.75 Å². The van der Waals surface area contributed by atoms with E-state index in [2.05, 4.69) is 36.1 Å². The molecule has 0 aliphatic heterocycles. The standard InChI is InChI=1S/C20H19N3O3S2.C19H17N3O4S2/c1-14-11-15(2)13-16(12-14)3-8-19(24)22-17-4-6-18(7-5-17)28(25,26)23-20-21-9-10-27-20;1-26-16-7-2-14(3-8-16)4-11-18(23)21-15-5-9-17(10-6-15)28(24,25)22-19-20-12-13-27-19/h3-13H,1-2H3,(H,21,23)(H,22,24);2-13H,1H3,(H,20,22)(H,21,23)/b8-3+;11-4+. The first-order valence-corrected chi connectivity index (χ1v) is 21.3. The Morgan fingerprint density at radius 3 is 1.43 bits per heavy atom. The van der Waals surface area contributed by atoms with Crippen LogP contribution in [0.3, 0.4) is 0 Å². The number of hydrogen-bond donors (Lipinski definition) is 4. The normalized spacial score (nSPS) is 11.4. The number of nitrogens with one attached hydrogen (secondary N) is 4. The summed E-state index contributed by atoms with van der Waals surface area (Å²) in [7, 11) is -5.84. The molecule has 4 N–H and O–H groups in total. The van der Waals surface area contributed by atoms with Crippen LogP contribution in [0.4, 0.5) is 21.6 Å². The van der Waals surface area contributed by atoms with Crippen LogP contribution in [0.5, 0.6) is 5.75 Å². The first-order chi connectivity index (χ1) is 26.8. The highest BCUT2D eigenvalue weighted by molar-refractivity contribution is 7.93. The molecule has 0 aliphatic rings. The molecular formula is C39H36N6O7S4. The average molecular weight is 829 g/mol. The number of anilines is 4. The van der Waals surface area contributed by atoms with Gasteiger partial charge in [0.15, 0.2) is 10.3 Å². The third-order valence-electron chi connectivity index (χ3n) is 7.39. The van der Waals surface area contributed by atoms with Gasteiger partial charge < -0.3 is 15.4 Å². The molecule has 288 valence electrons. The predicted molar refractivity (Wildman–Crippen MR) is 223 cm³/mol. The molecule has 13 nitrogen and oxygen atoms in total. The van der Waals surface area contributed by atoms with Gasteiger partial charge in [0.25, 0.3) is 20.0 Å². The molecule has 6 aromatic rings. The summed E-state index contributed by atoms with van der Waals surface area (Å²) in [5.74, 6) is 0.115. The summed E-state index contributed by atoms with van der Waals surface area (Å²) < 4.78 is 59.1. The fourth-order valence-electron chi connectivity index (χ4n) is 4.86. The maximum Gasteiger partial charge on any atom is 0.263 e. The Hall–Kier alpha value is -6.14. The number of carbonyl (C=O) groups excluding carboxylic acids is 2. The van der Waals surface area contributed by atoms with Crippen molar-refractivity contribution in [1.29, 1.82) is 0 Å². The first kappa shape index (κ1) is 41.0. The fourth-order valence-corrected chi connectivity index (χ4v) is 8.44. The highest BCUT2D eigenvalue weighted by atomic mass is 32.2. The number of aromatic nitrogens is 2. The van der Waals surface area contributed by atoms with E-state index in [1.807, 2.05) is 38.1 Å². The SMILES string of the molecule is COc1ccc(/C=C/C(=O)Nc2ccc(S(=O)(=O)Nc3nccs3)cc2)cc1.Cc1cc(C)cc(/C=C/C(=O)Nc2ccc(S(=O)(=O)Nc3nccs3)cc2)c1. The molecule has 0 bridgehead atoms. The topological polar surface area (TPSA) is 186 Å². The van der Waals surface area contributed by atoms with Gasteiger partial charge in [0, 0.05) is 46.7 Å². The molecule has 0 fully saturated rings. The summed E-state index contributed by atoms with van der Waals surface area (Å²) in [6, 6.07) is 25.1. The third kappa shape index (κ3) is 12.5. The molecule has 0 unspecified atom stereocenters. The van der Waals surface area contributed by atoms with Crippen molar-refractivity contribution >= 4 is 88.3 Å². The van der Waals surface area contributed by atoms with E-state index in [1.54, 1.807) is 54.3 Å². The first-order valence-electron chi connectivity index (χ1n) is 16.5. The number of rotatable bonds is 13. The van der Waals surface area contributed by atoms with E-state index in [-0.39, 0.29) is 21.6 Å². The van der Waals surface area contributed by atoms with Crippen LogP contribution in [0.2, 0.25) is 0 Å². The molecule has 0 saturated carbocycles. The van der Waals surface area contributed by atoms with Crippen LogP contribution in [0.15, 0.2) is 136 Å². The van der Waals surface area contributed by atoms with E-state index in [4.69, 9.17) is 4.74 Å². The minimum Gasteiger partial charge on any atom is -0.497 e. The number of hydrogen-bond acceptors (Lipinski definition) is 11. The Morgan fingerprint density at radius 2 is 1.04 bits per heavy atom. The second kappa shape index (κ2) is 18.9. The fraction of sp³-hybridized carbons (Fsp3) is 0.0769. The number of ether oxygens (including phenoxy) is 1. The average Bonchev–Trinajstić information content (AvgIpc) is 3.88. The second-order valence-corrected chi connectivity index (χ2v) is 16.9. The summed E-state index contributed by atoms with van der Waals surface area (Å²) in [6.45, 7) is 4.01. The lowest BCUT2D eigenvalue weighted by Gasteiger charge is -2.07. The van der Waals surface area contributed by atoms with Crippen molar-refractivity contribution < 1.29 is 31.2 Å². The molecule has 0 atom stereocenters. The van der Waals surface area contributed by atoms with Gasteiger partial charge in [-0.05, 0) is 97.8 Å². The highest BCUT2D eigenvalue weighted by Crippen LogP contribution is 2.21.